The highest BCUT2D eigenvalue weighted by Crippen LogP contribution is 2.15. The maximum absolute atomic E-state index is 12.3. The van der Waals surface area contributed by atoms with E-state index in [4.69, 9.17) is 0 Å². The molecule has 0 unspecified atom stereocenters. The zero-order valence-corrected chi connectivity index (χ0v) is 26.6. The van der Waals surface area contributed by atoms with Crippen molar-refractivity contribution >= 4 is 23.2 Å². The molecule has 4 heteroatoms. The van der Waals surface area contributed by atoms with Crippen molar-refractivity contribution in [1.82, 2.24) is 0 Å². The first kappa shape index (κ1) is 35.1. The largest absolute Gasteiger partial charge is 0.326 e. The van der Waals surface area contributed by atoms with Gasteiger partial charge in [-0.3, -0.25) is 9.59 Å². The Balaban J connectivity index is 1.61. The van der Waals surface area contributed by atoms with Crippen LogP contribution in [0.15, 0.2) is 48.5 Å². The topological polar surface area (TPSA) is 58.2 Å². The third kappa shape index (κ3) is 17.7. The van der Waals surface area contributed by atoms with E-state index in [-0.39, 0.29) is 11.8 Å². The van der Waals surface area contributed by atoms with Crippen LogP contribution in [0.2, 0.25) is 0 Å². The molecule has 0 heterocycles. The van der Waals surface area contributed by atoms with E-state index in [1.807, 2.05) is 48.5 Å². The highest BCUT2D eigenvalue weighted by Gasteiger charge is 2.04. The molecule has 230 valence electrons. The summed E-state index contributed by atoms with van der Waals surface area (Å²) < 4.78 is 0. The van der Waals surface area contributed by atoms with Crippen molar-refractivity contribution in [1.29, 1.82) is 0 Å². The van der Waals surface area contributed by atoms with Crippen molar-refractivity contribution in [2.24, 2.45) is 0 Å². The molecule has 0 aliphatic heterocycles. The summed E-state index contributed by atoms with van der Waals surface area (Å²) in [7, 11) is 0. The standard InChI is InChI=1S/C38H56N2O2/c1-3-5-7-9-11-13-15-17-19-21-37(41)39-35-29-25-33(26-30-35)23-24-34-27-31-36(32-28-34)40-38(42)22-20-18-16-14-12-10-8-6-4-2/h25-32H,3-22H2,1-2H3,(H,39,41)(H,40,42). The van der Waals surface area contributed by atoms with Gasteiger partial charge < -0.3 is 10.6 Å². The molecule has 2 aromatic carbocycles. The molecule has 0 fully saturated rings. The summed E-state index contributed by atoms with van der Waals surface area (Å²) >= 11 is 0. The van der Waals surface area contributed by atoms with Gasteiger partial charge in [0.25, 0.3) is 0 Å². The maximum atomic E-state index is 12.3. The van der Waals surface area contributed by atoms with Crippen LogP contribution in [-0.2, 0) is 9.59 Å². The SMILES string of the molecule is CCCCCCCCCCCC(=O)Nc1ccc(C#Cc2ccc(NC(=O)CCCCCCCCCCC)cc2)cc1. The molecule has 0 saturated heterocycles. The van der Waals surface area contributed by atoms with Gasteiger partial charge in [-0.1, -0.05) is 128 Å². The van der Waals surface area contributed by atoms with E-state index in [1.54, 1.807) is 0 Å². The predicted octanol–water partition coefficient (Wildman–Crippen LogP) is 10.8. The number of amides is 2. The molecule has 4 nitrogen and oxygen atoms in total. The first-order chi connectivity index (χ1) is 20.6. The molecule has 0 spiro atoms. The average molecular weight is 573 g/mol. The van der Waals surface area contributed by atoms with Crippen LogP contribution in [0.1, 0.15) is 153 Å². The lowest BCUT2D eigenvalue weighted by atomic mass is 10.1. The number of anilines is 2. The average Bonchev–Trinajstić information content (AvgIpc) is 3.00. The summed E-state index contributed by atoms with van der Waals surface area (Å²) in [5, 5.41) is 6.00. The Morgan fingerprint density at radius 2 is 0.738 bits per heavy atom. The van der Waals surface area contributed by atoms with Crippen LogP contribution in [0.3, 0.4) is 0 Å². The zero-order valence-electron chi connectivity index (χ0n) is 26.6. The van der Waals surface area contributed by atoms with Gasteiger partial charge in [0, 0.05) is 35.3 Å². The summed E-state index contributed by atoms with van der Waals surface area (Å²) in [6.45, 7) is 4.50. The molecule has 0 aromatic heterocycles. The van der Waals surface area contributed by atoms with Crippen LogP contribution in [0.4, 0.5) is 11.4 Å². The van der Waals surface area contributed by atoms with Gasteiger partial charge in [0.1, 0.15) is 0 Å². The Hall–Kier alpha value is -3.06. The normalized spacial score (nSPS) is 10.6. The maximum Gasteiger partial charge on any atom is 0.224 e. The van der Waals surface area contributed by atoms with Crippen LogP contribution >= 0.6 is 0 Å². The summed E-state index contributed by atoms with van der Waals surface area (Å²) in [6.07, 6.45) is 23.7. The Morgan fingerprint density at radius 3 is 1.05 bits per heavy atom. The van der Waals surface area contributed by atoms with Crippen molar-refractivity contribution in [2.45, 2.75) is 142 Å². The van der Waals surface area contributed by atoms with Crippen molar-refractivity contribution < 1.29 is 9.59 Å². The number of hydrogen-bond acceptors (Lipinski definition) is 2. The smallest absolute Gasteiger partial charge is 0.224 e. The molecule has 2 N–H and O–H groups in total. The third-order valence-corrected chi connectivity index (χ3v) is 7.70. The van der Waals surface area contributed by atoms with Gasteiger partial charge in [0.05, 0.1) is 0 Å². The highest BCUT2D eigenvalue weighted by atomic mass is 16.2. The number of rotatable bonds is 22. The second-order valence-corrected chi connectivity index (χ2v) is 11.7. The lowest BCUT2D eigenvalue weighted by molar-refractivity contribution is -0.117. The van der Waals surface area contributed by atoms with Crippen LogP contribution in [0, 0.1) is 11.8 Å². The molecular weight excluding hydrogens is 516 g/mol. The van der Waals surface area contributed by atoms with Gasteiger partial charge in [-0.2, -0.15) is 0 Å². The van der Waals surface area contributed by atoms with Gasteiger partial charge in [0.2, 0.25) is 11.8 Å². The van der Waals surface area contributed by atoms with Crippen molar-refractivity contribution in [3.8, 4) is 11.8 Å². The quantitative estimate of drug-likeness (QED) is 0.109. The summed E-state index contributed by atoms with van der Waals surface area (Å²) in [5.74, 6) is 6.52. The first-order valence-corrected chi connectivity index (χ1v) is 16.9. The van der Waals surface area contributed by atoms with Gasteiger partial charge in [-0.05, 0) is 61.4 Å². The Morgan fingerprint density at radius 1 is 0.452 bits per heavy atom. The minimum atomic E-state index is 0.0807. The molecule has 0 atom stereocenters. The number of benzene rings is 2. The predicted molar refractivity (Wildman–Crippen MR) is 180 cm³/mol. The molecule has 0 bridgehead atoms. The van der Waals surface area contributed by atoms with Gasteiger partial charge in [-0.25, -0.2) is 0 Å². The van der Waals surface area contributed by atoms with Crippen molar-refractivity contribution in [3.63, 3.8) is 0 Å². The Kier molecular flexibility index (Phi) is 19.7. The fourth-order valence-electron chi connectivity index (χ4n) is 5.06. The molecule has 2 amide bonds. The van der Waals surface area contributed by atoms with E-state index in [9.17, 15) is 9.59 Å². The van der Waals surface area contributed by atoms with Crippen molar-refractivity contribution in [2.75, 3.05) is 10.6 Å². The van der Waals surface area contributed by atoms with Gasteiger partial charge in [-0.15, -0.1) is 0 Å². The number of unbranched alkanes of at least 4 members (excludes halogenated alkanes) is 16. The summed E-state index contributed by atoms with van der Waals surface area (Å²) in [4.78, 5) is 24.5. The van der Waals surface area contributed by atoms with E-state index >= 15 is 0 Å². The molecule has 0 aliphatic rings. The third-order valence-electron chi connectivity index (χ3n) is 7.70. The van der Waals surface area contributed by atoms with E-state index in [0.29, 0.717) is 12.8 Å². The Bertz CT molecular complexity index is 964. The van der Waals surface area contributed by atoms with Gasteiger partial charge in [0.15, 0.2) is 0 Å². The minimum absolute atomic E-state index is 0.0807. The van der Waals surface area contributed by atoms with E-state index in [0.717, 1.165) is 48.2 Å². The molecular formula is C38H56N2O2. The number of nitrogens with one attached hydrogen (secondary N) is 2. The molecule has 2 rings (SSSR count). The van der Waals surface area contributed by atoms with Crippen LogP contribution < -0.4 is 10.6 Å². The van der Waals surface area contributed by atoms with E-state index < -0.39 is 0 Å². The van der Waals surface area contributed by atoms with Crippen molar-refractivity contribution in [3.05, 3.63) is 59.7 Å². The number of carbonyl (C=O) groups is 2. The molecule has 0 saturated carbocycles. The zero-order chi connectivity index (χ0) is 30.1. The minimum Gasteiger partial charge on any atom is -0.326 e. The second-order valence-electron chi connectivity index (χ2n) is 11.7. The molecule has 0 radical (unpaired) electrons. The fraction of sp³-hybridized carbons (Fsp3) is 0.579. The number of hydrogen-bond donors (Lipinski definition) is 2. The van der Waals surface area contributed by atoms with Crippen LogP contribution in [-0.4, -0.2) is 11.8 Å². The molecule has 42 heavy (non-hydrogen) atoms. The summed E-state index contributed by atoms with van der Waals surface area (Å²) in [6, 6.07) is 15.4. The van der Waals surface area contributed by atoms with E-state index in [1.165, 1.54) is 89.9 Å². The molecule has 2 aromatic rings. The lowest BCUT2D eigenvalue weighted by Crippen LogP contribution is -2.10. The lowest BCUT2D eigenvalue weighted by Gasteiger charge is -2.06. The van der Waals surface area contributed by atoms with Crippen LogP contribution in [0.25, 0.3) is 0 Å². The van der Waals surface area contributed by atoms with Crippen LogP contribution in [0.5, 0.6) is 0 Å². The fourth-order valence-corrected chi connectivity index (χ4v) is 5.06. The Labute approximate surface area is 256 Å². The number of carbonyl (C=O) groups excluding carboxylic acids is 2. The highest BCUT2D eigenvalue weighted by molar-refractivity contribution is 5.91. The first-order valence-electron chi connectivity index (χ1n) is 16.9. The second kappa shape index (κ2) is 23.5. The van der Waals surface area contributed by atoms with E-state index in [2.05, 4.69) is 36.3 Å². The van der Waals surface area contributed by atoms with Gasteiger partial charge >= 0.3 is 0 Å². The monoisotopic (exact) mass is 572 g/mol. The summed E-state index contributed by atoms with van der Waals surface area (Å²) in [5.41, 5.74) is 3.41. The molecule has 0 aliphatic carbocycles.